The van der Waals surface area contributed by atoms with Gasteiger partial charge in [-0.05, 0) is 45.9 Å². The van der Waals surface area contributed by atoms with Gasteiger partial charge in [-0.1, -0.05) is 75.9 Å². The first-order valence-electron chi connectivity index (χ1n) is 8.27. The van der Waals surface area contributed by atoms with Crippen LogP contribution in [-0.4, -0.2) is 4.98 Å². The van der Waals surface area contributed by atoms with E-state index in [1.807, 2.05) is 24.4 Å². The number of hydrogen-bond donors (Lipinski definition) is 0. The van der Waals surface area contributed by atoms with E-state index in [9.17, 15) is 0 Å². The second-order valence-corrected chi connectivity index (χ2v) is 7.11. The van der Waals surface area contributed by atoms with Crippen molar-refractivity contribution in [2.45, 2.75) is 26.2 Å². The van der Waals surface area contributed by atoms with Crippen LogP contribution in [0.4, 0.5) is 0 Å². The van der Waals surface area contributed by atoms with Crippen molar-refractivity contribution in [2.75, 3.05) is 0 Å². The molecule has 0 fully saturated rings. The molecule has 0 aliphatic heterocycles. The fraction of sp³-hybridized carbons (Fsp3) is 0.174. The molecule has 0 aliphatic rings. The van der Waals surface area contributed by atoms with Crippen molar-refractivity contribution in [1.82, 2.24) is 4.98 Å². The topological polar surface area (TPSA) is 12.9 Å². The Labute approximate surface area is 144 Å². The molecule has 0 spiro atoms. The average Bonchev–Trinajstić information content (AvgIpc) is 2.61. The zero-order chi connectivity index (χ0) is 17.2. The van der Waals surface area contributed by atoms with Crippen LogP contribution in [0.25, 0.3) is 16.8 Å². The molecule has 0 atom stereocenters. The highest BCUT2D eigenvalue weighted by Gasteiger charge is 2.14. The quantitative estimate of drug-likeness (QED) is 0.568. The molecule has 0 amide bonds. The van der Waals surface area contributed by atoms with Crippen LogP contribution in [0.2, 0.25) is 0 Å². The Bertz CT molecular complexity index is 854. The van der Waals surface area contributed by atoms with E-state index in [1.165, 1.54) is 5.56 Å². The van der Waals surface area contributed by atoms with E-state index in [-0.39, 0.29) is 5.41 Å². The lowest BCUT2D eigenvalue weighted by molar-refractivity contribution is 0.589. The predicted molar refractivity (Wildman–Crippen MR) is 103 cm³/mol. The Morgan fingerprint density at radius 1 is 0.833 bits per heavy atom. The zero-order valence-corrected chi connectivity index (χ0v) is 14.6. The molecule has 1 heteroatoms. The molecular weight excluding hydrogens is 290 g/mol. The van der Waals surface area contributed by atoms with Crippen LogP contribution >= 0.6 is 0 Å². The van der Waals surface area contributed by atoms with Crippen LogP contribution in [0.1, 0.15) is 37.5 Å². The Morgan fingerprint density at radius 2 is 1.54 bits per heavy atom. The largest absolute Gasteiger partial charge is 0.256 e. The molecule has 3 rings (SSSR count). The van der Waals surface area contributed by atoms with Gasteiger partial charge < -0.3 is 0 Å². The normalized spacial score (nSPS) is 11.3. The van der Waals surface area contributed by atoms with Crippen molar-refractivity contribution >= 4 is 5.57 Å². The summed E-state index contributed by atoms with van der Waals surface area (Å²) < 4.78 is 0. The van der Waals surface area contributed by atoms with Crippen LogP contribution in [0.5, 0.6) is 0 Å². The second kappa shape index (κ2) is 6.45. The Hall–Kier alpha value is -2.67. The van der Waals surface area contributed by atoms with Crippen molar-refractivity contribution in [3.8, 4) is 11.3 Å². The number of benzene rings is 2. The Balaban J connectivity index is 1.98. The van der Waals surface area contributed by atoms with Gasteiger partial charge in [-0.15, -0.1) is 0 Å². The summed E-state index contributed by atoms with van der Waals surface area (Å²) in [5.41, 5.74) is 6.83. The van der Waals surface area contributed by atoms with E-state index in [0.29, 0.717) is 0 Å². The summed E-state index contributed by atoms with van der Waals surface area (Å²) in [7, 11) is 0. The molecule has 0 radical (unpaired) electrons. The third-order valence-corrected chi connectivity index (χ3v) is 4.26. The van der Waals surface area contributed by atoms with E-state index in [4.69, 9.17) is 0 Å². The summed E-state index contributed by atoms with van der Waals surface area (Å²) in [6, 6.07) is 23.0. The SMILES string of the molecule is C=C(c1ccccc1)c1cccc(-c2cc(C(C)(C)C)ccn2)c1. The first-order chi connectivity index (χ1) is 11.4. The summed E-state index contributed by atoms with van der Waals surface area (Å²) in [4.78, 5) is 4.57. The lowest BCUT2D eigenvalue weighted by Crippen LogP contribution is -2.11. The third kappa shape index (κ3) is 3.46. The van der Waals surface area contributed by atoms with Crippen molar-refractivity contribution in [3.63, 3.8) is 0 Å². The number of rotatable bonds is 3. The fourth-order valence-electron chi connectivity index (χ4n) is 2.73. The number of pyridine rings is 1. The lowest BCUT2D eigenvalue weighted by Gasteiger charge is -2.19. The number of nitrogens with zero attached hydrogens (tertiary/aromatic N) is 1. The molecule has 1 heterocycles. The molecule has 2 aromatic carbocycles. The molecular formula is C23H23N. The molecule has 3 aromatic rings. The molecule has 1 aromatic heterocycles. The molecule has 0 unspecified atom stereocenters. The van der Waals surface area contributed by atoms with Gasteiger partial charge in [-0.2, -0.15) is 0 Å². The highest BCUT2D eigenvalue weighted by Crippen LogP contribution is 2.28. The lowest BCUT2D eigenvalue weighted by atomic mass is 9.87. The molecule has 0 saturated heterocycles. The van der Waals surface area contributed by atoms with E-state index in [1.54, 1.807) is 0 Å². The van der Waals surface area contributed by atoms with Gasteiger partial charge in [0.2, 0.25) is 0 Å². The Kier molecular flexibility index (Phi) is 4.35. The van der Waals surface area contributed by atoms with Gasteiger partial charge in [0.15, 0.2) is 0 Å². The number of aromatic nitrogens is 1. The molecule has 0 aliphatic carbocycles. The van der Waals surface area contributed by atoms with Gasteiger partial charge in [0.05, 0.1) is 5.69 Å². The highest BCUT2D eigenvalue weighted by atomic mass is 14.7. The van der Waals surface area contributed by atoms with Gasteiger partial charge in [0.25, 0.3) is 0 Å². The maximum atomic E-state index is 4.57. The standard InChI is InChI=1S/C23H23N/c1-17(18-9-6-5-7-10-18)19-11-8-12-20(15-19)22-16-21(13-14-24-22)23(2,3)4/h5-16H,1H2,2-4H3. The molecule has 0 N–H and O–H groups in total. The Morgan fingerprint density at radius 3 is 2.25 bits per heavy atom. The van der Waals surface area contributed by atoms with Crippen LogP contribution in [-0.2, 0) is 5.41 Å². The van der Waals surface area contributed by atoms with E-state index < -0.39 is 0 Å². The minimum Gasteiger partial charge on any atom is -0.256 e. The molecule has 1 nitrogen and oxygen atoms in total. The average molecular weight is 313 g/mol. The predicted octanol–water partition coefficient (Wildman–Crippen LogP) is 6.11. The van der Waals surface area contributed by atoms with E-state index in [2.05, 4.69) is 80.9 Å². The van der Waals surface area contributed by atoms with Gasteiger partial charge in [0.1, 0.15) is 0 Å². The van der Waals surface area contributed by atoms with Gasteiger partial charge >= 0.3 is 0 Å². The van der Waals surface area contributed by atoms with Crippen molar-refractivity contribution in [1.29, 1.82) is 0 Å². The summed E-state index contributed by atoms with van der Waals surface area (Å²) in [5.74, 6) is 0. The molecule has 0 bridgehead atoms. The van der Waals surface area contributed by atoms with Crippen LogP contribution in [0, 0.1) is 0 Å². The fourth-order valence-corrected chi connectivity index (χ4v) is 2.73. The van der Waals surface area contributed by atoms with Crippen molar-refractivity contribution in [3.05, 3.63) is 96.2 Å². The molecule has 120 valence electrons. The third-order valence-electron chi connectivity index (χ3n) is 4.26. The maximum Gasteiger partial charge on any atom is 0.0705 e. The monoisotopic (exact) mass is 313 g/mol. The van der Waals surface area contributed by atoms with Crippen molar-refractivity contribution < 1.29 is 0 Å². The highest BCUT2D eigenvalue weighted by molar-refractivity contribution is 5.80. The first-order valence-corrected chi connectivity index (χ1v) is 8.27. The van der Waals surface area contributed by atoms with Gasteiger partial charge in [-0.25, -0.2) is 0 Å². The summed E-state index contributed by atoms with van der Waals surface area (Å²) in [6.07, 6.45) is 1.90. The van der Waals surface area contributed by atoms with E-state index >= 15 is 0 Å². The maximum absolute atomic E-state index is 4.57. The van der Waals surface area contributed by atoms with Crippen molar-refractivity contribution in [2.24, 2.45) is 0 Å². The van der Waals surface area contributed by atoms with Crippen LogP contribution in [0.15, 0.2) is 79.5 Å². The molecule has 24 heavy (non-hydrogen) atoms. The summed E-state index contributed by atoms with van der Waals surface area (Å²) in [6.45, 7) is 10.9. The van der Waals surface area contributed by atoms with Gasteiger partial charge in [-0.3, -0.25) is 4.98 Å². The molecule has 0 saturated carbocycles. The minimum atomic E-state index is 0.114. The zero-order valence-electron chi connectivity index (χ0n) is 14.6. The van der Waals surface area contributed by atoms with E-state index in [0.717, 1.165) is 28.0 Å². The number of hydrogen-bond acceptors (Lipinski definition) is 1. The van der Waals surface area contributed by atoms with Gasteiger partial charge in [0, 0.05) is 11.8 Å². The van der Waals surface area contributed by atoms with Crippen LogP contribution < -0.4 is 0 Å². The van der Waals surface area contributed by atoms with Crippen LogP contribution in [0.3, 0.4) is 0 Å². The minimum absolute atomic E-state index is 0.114. The summed E-state index contributed by atoms with van der Waals surface area (Å²) >= 11 is 0. The second-order valence-electron chi connectivity index (χ2n) is 7.11. The summed E-state index contributed by atoms with van der Waals surface area (Å²) in [5, 5.41) is 0. The smallest absolute Gasteiger partial charge is 0.0705 e. The first kappa shape index (κ1) is 16.2.